The predicted molar refractivity (Wildman–Crippen MR) is 98.4 cm³/mol. The molecule has 1 aliphatic rings. The zero-order chi connectivity index (χ0) is 17.8. The first-order valence-electron chi connectivity index (χ1n) is 8.32. The number of halogens is 1. The number of benzene rings is 2. The van der Waals surface area contributed by atoms with Gasteiger partial charge in [0.1, 0.15) is 0 Å². The average molecular weight is 355 g/mol. The highest BCUT2D eigenvalue weighted by Crippen LogP contribution is 2.42. The van der Waals surface area contributed by atoms with Crippen LogP contribution in [0.15, 0.2) is 60.7 Å². The van der Waals surface area contributed by atoms with E-state index in [0.717, 1.165) is 11.1 Å². The van der Waals surface area contributed by atoms with Crippen LogP contribution in [0.2, 0.25) is 5.02 Å². The predicted octanol–water partition coefficient (Wildman–Crippen LogP) is 4.66. The molecule has 3 nitrogen and oxygen atoms in total. The van der Waals surface area contributed by atoms with Crippen molar-refractivity contribution in [2.45, 2.75) is 19.3 Å². The quantitative estimate of drug-likeness (QED) is 0.750. The Kier molecular flexibility index (Phi) is 5.34. The average Bonchev–Trinajstić information content (AvgIpc) is 2.62. The Bertz CT molecular complexity index is 811. The van der Waals surface area contributed by atoms with Gasteiger partial charge in [0, 0.05) is 17.4 Å². The van der Waals surface area contributed by atoms with E-state index in [2.05, 4.69) is 0 Å². The fourth-order valence-corrected chi connectivity index (χ4v) is 3.54. The molecule has 0 saturated carbocycles. The standard InChI is InChI=1S/C21H19ClO3/c1-2-25-21(24)20-18(14-7-4-3-5-8-14)12-17(23)13-19(20)15-9-6-10-16(22)11-15/h3-12,19-20H,2,13H2,1H3/t19-,20+/m0/s1. The lowest BCUT2D eigenvalue weighted by atomic mass is 9.72. The second-order valence-electron chi connectivity index (χ2n) is 6.03. The number of hydrogen-bond donors (Lipinski definition) is 0. The van der Waals surface area contributed by atoms with E-state index in [0.29, 0.717) is 17.2 Å². The van der Waals surface area contributed by atoms with Gasteiger partial charge < -0.3 is 4.74 Å². The van der Waals surface area contributed by atoms with Gasteiger partial charge in [-0.3, -0.25) is 9.59 Å². The molecule has 0 aliphatic heterocycles. The van der Waals surface area contributed by atoms with Crippen LogP contribution in [-0.4, -0.2) is 18.4 Å². The maximum Gasteiger partial charge on any atom is 0.314 e. The summed E-state index contributed by atoms with van der Waals surface area (Å²) < 4.78 is 5.33. The van der Waals surface area contributed by atoms with Crippen LogP contribution < -0.4 is 0 Å². The van der Waals surface area contributed by atoms with E-state index in [4.69, 9.17) is 16.3 Å². The van der Waals surface area contributed by atoms with Crippen molar-refractivity contribution in [2.75, 3.05) is 6.61 Å². The third kappa shape index (κ3) is 3.83. The molecule has 0 heterocycles. The molecule has 0 aromatic heterocycles. The molecular formula is C21H19ClO3. The van der Waals surface area contributed by atoms with Crippen molar-refractivity contribution in [1.29, 1.82) is 0 Å². The Balaban J connectivity index is 2.10. The van der Waals surface area contributed by atoms with Crippen molar-refractivity contribution in [2.24, 2.45) is 5.92 Å². The van der Waals surface area contributed by atoms with Gasteiger partial charge in [-0.1, -0.05) is 54.1 Å². The minimum absolute atomic E-state index is 0.00405. The number of esters is 1. The normalized spacial score (nSPS) is 20.1. The monoisotopic (exact) mass is 354 g/mol. The van der Waals surface area contributed by atoms with Crippen LogP contribution in [0, 0.1) is 5.92 Å². The summed E-state index contributed by atoms with van der Waals surface area (Å²) in [5.74, 6) is -1.12. The fraction of sp³-hybridized carbons (Fsp3) is 0.238. The van der Waals surface area contributed by atoms with Crippen LogP contribution in [0.4, 0.5) is 0 Å². The lowest BCUT2D eigenvalue weighted by Gasteiger charge is -2.31. The van der Waals surface area contributed by atoms with Gasteiger partial charge in [0.15, 0.2) is 5.78 Å². The van der Waals surface area contributed by atoms with Crippen molar-refractivity contribution >= 4 is 28.9 Å². The molecule has 128 valence electrons. The molecular weight excluding hydrogens is 336 g/mol. The Hall–Kier alpha value is -2.39. The van der Waals surface area contributed by atoms with Crippen LogP contribution >= 0.6 is 11.6 Å². The molecule has 0 fully saturated rings. The molecule has 3 rings (SSSR count). The zero-order valence-electron chi connectivity index (χ0n) is 13.9. The molecule has 2 atom stereocenters. The first kappa shape index (κ1) is 17.4. The number of ketones is 1. The zero-order valence-corrected chi connectivity index (χ0v) is 14.7. The van der Waals surface area contributed by atoms with E-state index in [1.807, 2.05) is 48.5 Å². The number of allylic oxidation sites excluding steroid dienone is 1. The summed E-state index contributed by atoms with van der Waals surface area (Å²) in [6.45, 7) is 2.08. The minimum atomic E-state index is -0.529. The summed E-state index contributed by atoms with van der Waals surface area (Å²) in [7, 11) is 0. The van der Waals surface area contributed by atoms with Gasteiger partial charge in [-0.15, -0.1) is 0 Å². The second-order valence-corrected chi connectivity index (χ2v) is 6.46. The van der Waals surface area contributed by atoms with Gasteiger partial charge in [0.05, 0.1) is 12.5 Å². The van der Waals surface area contributed by atoms with Crippen LogP contribution in [0.25, 0.3) is 5.57 Å². The Morgan fingerprint density at radius 2 is 1.92 bits per heavy atom. The highest BCUT2D eigenvalue weighted by molar-refractivity contribution is 6.30. The first-order valence-corrected chi connectivity index (χ1v) is 8.70. The number of ether oxygens (including phenoxy) is 1. The molecule has 0 N–H and O–H groups in total. The van der Waals surface area contributed by atoms with Crippen LogP contribution in [-0.2, 0) is 14.3 Å². The van der Waals surface area contributed by atoms with Crippen molar-refractivity contribution in [3.8, 4) is 0 Å². The lowest BCUT2D eigenvalue weighted by Crippen LogP contribution is -2.31. The molecule has 2 aromatic rings. The van der Waals surface area contributed by atoms with Crippen molar-refractivity contribution in [1.82, 2.24) is 0 Å². The Morgan fingerprint density at radius 1 is 1.16 bits per heavy atom. The maximum atomic E-state index is 12.7. The molecule has 0 amide bonds. The fourth-order valence-electron chi connectivity index (χ4n) is 3.34. The summed E-state index contributed by atoms with van der Waals surface area (Å²) in [4.78, 5) is 25.1. The minimum Gasteiger partial charge on any atom is -0.466 e. The van der Waals surface area contributed by atoms with Crippen molar-refractivity contribution < 1.29 is 14.3 Å². The number of carbonyl (C=O) groups is 2. The van der Waals surface area contributed by atoms with Crippen molar-refractivity contribution in [3.05, 3.63) is 76.8 Å². The smallest absolute Gasteiger partial charge is 0.314 e. The molecule has 0 bridgehead atoms. The van der Waals surface area contributed by atoms with Gasteiger partial charge in [-0.25, -0.2) is 0 Å². The van der Waals surface area contributed by atoms with Gasteiger partial charge in [-0.2, -0.15) is 0 Å². The van der Waals surface area contributed by atoms with Crippen LogP contribution in [0.3, 0.4) is 0 Å². The summed E-state index contributed by atoms with van der Waals surface area (Å²) >= 11 is 6.13. The highest BCUT2D eigenvalue weighted by Gasteiger charge is 2.39. The van der Waals surface area contributed by atoms with Gasteiger partial charge >= 0.3 is 5.97 Å². The summed E-state index contributed by atoms with van der Waals surface area (Å²) in [6, 6.07) is 16.9. The summed E-state index contributed by atoms with van der Waals surface area (Å²) in [5.41, 5.74) is 2.45. The third-order valence-electron chi connectivity index (χ3n) is 4.40. The second kappa shape index (κ2) is 7.66. The summed E-state index contributed by atoms with van der Waals surface area (Å²) in [6.07, 6.45) is 1.85. The van der Waals surface area contributed by atoms with Crippen LogP contribution in [0.1, 0.15) is 30.4 Å². The summed E-state index contributed by atoms with van der Waals surface area (Å²) in [5, 5.41) is 0.586. The molecule has 0 radical (unpaired) electrons. The Morgan fingerprint density at radius 3 is 2.60 bits per heavy atom. The number of carbonyl (C=O) groups excluding carboxylic acids is 2. The molecule has 1 aliphatic carbocycles. The van der Waals surface area contributed by atoms with E-state index in [-0.39, 0.29) is 24.1 Å². The molecule has 25 heavy (non-hydrogen) atoms. The van der Waals surface area contributed by atoms with Gasteiger partial charge in [0.2, 0.25) is 0 Å². The Labute approximate surface area is 152 Å². The van der Waals surface area contributed by atoms with E-state index >= 15 is 0 Å². The number of rotatable bonds is 4. The number of hydrogen-bond acceptors (Lipinski definition) is 3. The highest BCUT2D eigenvalue weighted by atomic mass is 35.5. The molecule has 2 aromatic carbocycles. The first-order chi connectivity index (χ1) is 12.1. The van der Waals surface area contributed by atoms with E-state index < -0.39 is 5.92 Å². The van der Waals surface area contributed by atoms with Gasteiger partial charge in [0.25, 0.3) is 0 Å². The SMILES string of the molecule is CCOC(=O)[C@@H]1C(c2ccccc2)=CC(=O)C[C@H]1c1cccc(Cl)c1. The van der Waals surface area contributed by atoms with Crippen molar-refractivity contribution in [3.63, 3.8) is 0 Å². The van der Waals surface area contributed by atoms with E-state index in [1.165, 1.54) is 0 Å². The molecule has 0 spiro atoms. The van der Waals surface area contributed by atoms with E-state index in [9.17, 15) is 9.59 Å². The topological polar surface area (TPSA) is 43.4 Å². The lowest BCUT2D eigenvalue weighted by molar-refractivity contribution is -0.146. The van der Waals surface area contributed by atoms with Crippen LogP contribution in [0.5, 0.6) is 0 Å². The maximum absolute atomic E-state index is 12.7. The molecule has 0 unspecified atom stereocenters. The third-order valence-corrected chi connectivity index (χ3v) is 4.63. The largest absolute Gasteiger partial charge is 0.466 e. The van der Waals surface area contributed by atoms with Gasteiger partial charge in [-0.05, 0) is 41.8 Å². The van der Waals surface area contributed by atoms with E-state index in [1.54, 1.807) is 19.1 Å². The molecule has 4 heteroatoms. The molecule has 0 saturated heterocycles.